The van der Waals surface area contributed by atoms with Gasteiger partial charge < -0.3 is 19.7 Å². The first-order valence-electron chi connectivity index (χ1n) is 12.7. The van der Waals surface area contributed by atoms with Crippen molar-refractivity contribution >= 4 is 17.9 Å². The maximum absolute atomic E-state index is 11.7. The number of carbonyl (C=O) groups excluding carboxylic acids is 3. The zero-order valence-corrected chi connectivity index (χ0v) is 20.2. The quantitative estimate of drug-likeness (QED) is 0.133. The summed E-state index contributed by atoms with van der Waals surface area (Å²) >= 11 is 0. The van der Waals surface area contributed by atoms with Gasteiger partial charge >= 0.3 is 17.9 Å². The van der Waals surface area contributed by atoms with Crippen LogP contribution in [0.4, 0.5) is 0 Å². The van der Waals surface area contributed by atoms with E-state index < -0.39 is 30.6 Å². The fraction of sp³-hybridized carbons (Fsp3) is 0.880. The van der Waals surface area contributed by atoms with Gasteiger partial charge in [0.15, 0.2) is 0 Å². The Balaban J connectivity index is 3.44. The Morgan fingerprint density at radius 2 is 1.00 bits per heavy atom. The fourth-order valence-corrected chi connectivity index (χ4v) is 3.37. The van der Waals surface area contributed by atoms with Crippen molar-refractivity contribution in [2.24, 2.45) is 0 Å². The van der Waals surface area contributed by atoms with E-state index in [1.165, 1.54) is 64.2 Å². The zero-order chi connectivity index (χ0) is 23.9. The van der Waals surface area contributed by atoms with Crippen LogP contribution in [0.3, 0.4) is 0 Å². The Kier molecular flexibility index (Phi) is 21.7. The van der Waals surface area contributed by atoms with Gasteiger partial charge in [-0.2, -0.15) is 0 Å². The zero-order valence-electron chi connectivity index (χ0n) is 20.2. The molecule has 0 aliphatic carbocycles. The van der Waals surface area contributed by atoms with Gasteiger partial charge in [0.1, 0.15) is 12.7 Å². The Morgan fingerprint density at radius 3 is 1.44 bits per heavy atom. The van der Waals surface area contributed by atoms with E-state index in [1.54, 1.807) is 0 Å². The molecule has 0 aromatic carbocycles. The number of aliphatic hydroxyl groups excluding tert-OH is 2. The summed E-state index contributed by atoms with van der Waals surface area (Å²) in [7, 11) is 0. The third-order valence-electron chi connectivity index (χ3n) is 5.37. The summed E-state index contributed by atoms with van der Waals surface area (Å²) in [5, 5.41) is 17.7. The van der Waals surface area contributed by atoms with Crippen LogP contribution in [0.2, 0.25) is 0 Å². The van der Waals surface area contributed by atoms with Crippen LogP contribution in [0.15, 0.2) is 0 Å². The molecule has 0 saturated carbocycles. The van der Waals surface area contributed by atoms with Crippen molar-refractivity contribution in [3.05, 3.63) is 0 Å². The third kappa shape index (κ3) is 21.8. The van der Waals surface area contributed by atoms with E-state index in [2.05, 4.69) is 6.92 Å². The molecular formula is C25H46O7. The summed E-state index contributed by atoms with van der Waals surface area (Å²) in [4.78, 5) is 34.8. The summed E-state index contributed by atoms with van der Waals surface area (Å²) in [5.41, 5.74) is 0. The van der Waals surface area contributed by atoms with E-state index in [0.717, 1.165) is 19.3 Å². The molecule has 0 amide bonds. The summed E-state index contributed by atoms with van der Waals surface area (Å²) < 4.78 is 9.56. The second kappa shape index (κ2) is 22.7. The lowest BCUT2D eigenvalue weighted by atomic mass is 10.0. The predicted octanol–water partition coefficient (Wildman–Crippen LogP) is 4.99. The first kappa shape index (κ1) is 30.5. The number of unbranched alkanes of at least 4 members (excludes halogenated alkanes) is 13. The third-order valence-corrected chi connectivity index (χ3v) is 5.37. The molecule has 0 fully saturated rings. The van der Waals surface area contributed by atoms with Gasteiger partial charge in [0.2, 0.25) is 0 Å². The molecule has 1 atom stereocenters. The normalized spacial score (nSPS) is 11.8. The van der Waals surface area contributed by atoms with Crippen molar-refractivity contribution in [1.82, 2.24) is 0 Å². The van der Waals surface area contributed by atoms with Crippen LogP contribution in [0.1, 0.15) is 122 Å². The van der Waals surface area contributed by atoms with Crippen molar-refractivity contribution in [3.63, 3.8) is 0 Å². The molecule has 0 aromatic rings. The molecule has 0 bridgehead atoms. The molecule has 0 aliphatic rings. The van der Waals surface area contributed by atoms with Crippen LogP contribution >= 0.6 is 0 Å². The highest BCUT2D eigenvalue weighted by Gasteiger charge is 2.11. The molecular weight excluding hydrogens is 412 g/mol. The number of aliphatic hydroxyl groups is 2. The second-order valence-electron chi connectivity index (χ2n) is 8.57. The monoisotopic (exact) mass is 458 g/mol. The van der Waals surface area contributed by atoms with E-state index in [9.17, 15) is 14.4 Å². The Labute approximate surface area is 194 Å². The molecule has 2 N–H and O–H groups in total. The van der Waals surface area contributed by atoms with Gasteiger partial charge in [0, 0.05) is 19.3 Å². The topological polar surface area (TPSA) is 110 Å². The van der Waals surface area contributed by atoms with Crippen molar-refractivity contribution in [2.45, 2.75) is 129 Å². The van der Waals surface area contributed by atoms with Gasteiger partial charge in [-0.15, -0.1) is 0 Å². The van der Waals surface area contributed by atoms with Crippen molar-refractivity contribution in [2.75, 3.05) is 13.2 Å². The van der Waals surface area contributed by atoms with E-state index >= 15 is 0 Å². The lowest BCUT2D eigenvalue weighted by molar-refractivity contribution is -0.160. The smallest absolute Gasteiger partial charge is 0.313 e. The summed E-state index contributed by atoms with van der Waals surface area (Å²) in [6.07, 6.45) is 16.3. The Morgan fingerprint density at radius 1 is 0.625 bits per heavy atom. The van der Waals surface area contributed by atoms with Gasteiger partial charge in [0.05, 0.1) is 6.61 Å². The minimum absolute atomic E-state index is 0.0802. The first-order valence-corrected chi connectivity index (χ1v) is 12.7. The molecule has 7 nitrogen and oxygen atoms in total. The highest BCUT2D eigenvalue weighted by molar-refractivity contribution is 5.85. The molecule has 0 heterocycles. The van der Waals surface area contributed by atoms with Gasteiger partial charge in [0.25, 0.3) is 0 Å². The maximum atomic E-state index is 11.7. The molecule has 0 saturated heterocycles. The fourth-order valence-electron chi connectivity index (χ4n) is 3.37. The summed E-state index contributed by atoms with van der Waals surface area (Å²) in [5.74, 6) is -1.53. The second-order valence-corrected chi connectivity index (χ2v) is 8.57. The van der Waals surface area contributed by atoms with Crippen LogP contribution in [-0.4, -0.2) is 47.4 Å². The summed E-state index contributed by atoms with van der Waals surface area (Å²) in [6.45, 7) is 1.53. The Hall–Kier alpha value is -1.47. The molecule has 1 unspecified atom stereocenters. The van der Waals surface area contributed by atoms with Gasteiger partial charge in [-0.1, -0.05) is 84.0 Å². The van der Waals surface area contributed by atoms with Crippen molar-refractivity contribution in [1.29, 1.82) is 0 Å². The largest absolute Gasteiger partial charge is 0.463 e. The van der Waals surface area contributed by atoms with Crippen LogP contribution in [0, 0.1) is 0 Å². The average molecular weight is 459 g/mol. The molecule has 7 heteroatoms. The standard InChI is InChI=1S/C25H46O7/c1-2-3-4-5-6-7-8-9-10-11-12-13-14-18-24(29)32-25(30)19-16-15-17-23(28)31-21-22(27)20-26/h22,26-27H,2-21H2,1H3. The number of esters is 3. The van der Waals surface area contributed by atoms with Gasteiger partial charge in [-0.05, 0) is 19.3 Å². The lowest BCUT2D eigenvalue weighted by Crippen LogP contribution is -2.21. The SMILES string of the molecule is CCCCCCCCCCCCCCCC(=O)OC(=O)CCCCC(=O)OCC(O)CO. The predicted molar refractivity (Wildman–Crippen MR) is 124 cm³/mol. The molecule has 0 rings (SSSR count). The number of hydrogen-bond acceptors (Lipinski definition) is 7. The minimum Gasteiger partial charge on any atom is -0.463 e. The van der Waals surface area contributed by atoms with Gasteiger partial charge in [-0.3, -0.25) is 14.4 Å². The number of rotatable bonds is 22. The van der Waals surface area contributed by atoms with Crippen LogP contribution < -0.4 is 0 Å². The number of ether oxygens (including phenoxy) is 2. The Bertz CT molecular complexity index is 479. The van der Waals surface area contributed by atoms with Crippen LogP contribution in [0.25, 0.3) is 0 Å². The minimum atomic E-state index is -1.07. The van der Waals surface area contributed by atoms with Crippen LogP contribution in [0.5, 0.6) is 0 Å². The molecule has 0 spiro atoms. The van der Waals surface area contributed by atoms with E-state index in [0.29, 0.717) is 12.8 Å². The highest BCUT2D eigenvalue weighted by Crippen LogP contribution is 2.13. The van der Waals surface area contributed by atoms with E-state index in [1.807, 2.05) is 0 Å². The molecule has 32 heavy (non-hydrogen) atoms. The van der Waals surface area contributed by atoms with E-state index in [-0.39, 0.29) is 25.9 Å². The van der Waals surface area contributed by atoms with Crippen molar-refractivity contribution in [3.8, 4) is 0 Å². The summed E-state index contributed by atoms with van der Waals surface area (Å²) in [6, 6.07) is 0. The lowest BCUT2D eigenvalue weighted by Gasteiger charge is -2.08. The van der Waals surface area contributed by atoms with Crippen molar-refractivity contribution < 1.29 is 34.1 Å². The maximum Gasteiger partial charge on any atom is 0.313 e. The van der Waals surface area contributed by atoms with E-state index in [4.69, 9.17) is 19.7 Å². The number of carbonyl (C=O) groups is 3. The highest BCUT2D eigenvalue weighted by atomic mass is 16.6. The molecule has 0 aliphatic heterocycles. The molecule has 188 valence electrons. The number of hydrogen-bond donors (Lipinski definition) is 2. The molecule has 0 radical (unpaired) electrons. The van der Waals surface area contributed by atoms with Gasteiger partial charge in [-0.25, -0.2) is 0 Å². The molecule has 0 aromatic heterocycles. The average Bonchev–Trinajstić information content (AvgIpc) is 2.78. The van der Waals surface area contributed by atoms with Crippen LogP contribution in [-0.2, 0) is 23.9 Å². The first-order chi connectivity index (χ1) is 15.5.